The summed E-state index contributed by atoms with van der Waals surface area (Å²) in [6.45, 7) is 5.23. The monoisotopic (exact) mass is 184 g/mol. The third-order valence-corrected chi connectivity index (χ3v) is 3.58. The largest absolute Gasteiger partial charge is 0.329 e. The summed E-state index contributed by atoms with van der Waals surface area (Å²) in [4.78, 5) is 2.48. The van der Waals surface area contributed by atoms with Gasteiger partial charge >= 0.3 is 0 Å². The van der Waals surface area contributed by atoms with Crippen LogP contribution in [0.4, 0.5) is 0 Å². The lowest BCUT2D eigenvalue weighted by molar-refractivity contribution is 0.0838. The van der Waals surface area contributed by atoms with Crippen molar-refractivity contribution in [3.63, 3.8) is 0 Å². The van der Waals surface area contributed by atoms with Gasteiger partial charge in [-0.3, -0.25) is 4.90 Å². The van der Waals surface area contributed by atoms with Gasteiger partial charge in [-0.2, -0.15) is 0 Å². The fourth-order valence-electron chi connectivity index (χ4n) is 2.11. The normalized spacial score (nSPS) is 21.0. The Bertz CT molecular complexity index is 148. The van der Waals surface area contributed by atoms with Crippen molar-refractivity contribution in [3.8, 4) is 0 Å². The van der Waals surface area contributed by atoms with Gasteiger partial charge in [-0.05, 0) is 33.7 Å². The molecule has 0 amide bonds. The highest BCUT2D eigenvalue weighted by Crippen LogP contribution is 2.26. The first-order valence-electron chi connectivity index (χ1n) is 5.51. The Hall–Kier alpha value is -0.0800. The minimum Gasteiger partial charge on any atom is -0.329 e. The molecule has 0 heterocycles. The molecule has 2 heteroatoms. The van der Waals surface area contributed by atoms with E-state index in [-0.39, 0.29) is 5.54 Å². The molecule has 1 aliphatic carbocycles. The van der Waals surface area contributed by atoms with Crippen LogP contribution in [-0.4, -0.2) is 30.1 Å². The van der Waals surface area contributed by atoms with Gasteiger partial charge < -0.3 is 5.73 Å². The summed E-state index contributed by atoms with van der Waals surface area (Å²) in [6.07, 6.45) is 6.94. The Balaban J connectivity index is 2.49. The van der Waals surface area contributed by atoms with E-state index in [1.807, 2.05) is 0 Å². The highest BCUT2D eigenvalue weighted by Gasteiger charge is 2.28. The van der Waals surface area contributed by atoms with Crippen molar-refractivity contribution >= 4 is 0 Å². The van der Waals surface area contributed by atoms with Crippen LogP contribution in [-0.2, 0) is 0 Å². The van der Waals surface area contributed by atoms with E-state index in [9.17, 15) is 0 Å². The fourth-order valence-corrected chi connectivity index (χ4v) is 2.11. The van der Waals surface area contributed by atoms with Crippen LogP contribution in [0.3, 0.4) is 0 Å². The van der Waals surface area contributed by atoms with Crippen LogP contribution < -0.4 is 5.73 Å². The lowest BCUT2D eigenvalue weighted by atomic mass is 9.91. The van der Waals surface area contributed by atoms with Crippen molar-refractivity contribution in [1.82, 2.24) is 4.90 Å². The zero-order valence-electron chi connectivity index (χ0n) is 9.34. The molecule has 0 aliphatic heterocycles. The second-order valence-corrected chi connectivity index (χ2v) is 4.92. The summed E-state index contributed by atoms with van der Waals surface area (Å²) in [5, 5.41) is 0. The molecule has 0 aromatic heterocycles. The maximum Gasteiger partial charge on any atom is 0.0275 e. The molecule has 2 nitrogen and oxygen atoms in total. The van der Waals surface area contributed by atoms with E-state index in [2.05, 4.69) is 25.8 Å². The second-order valence-electron chi connectivity index (χ2n) is 4.92. The molecule has 0 unspecified atom stereocenters. The first kappa shape index (κ1) is 11.0. The summed E-state index contributed by atoms with van der Waals surface area (Å²) in [7, 11) is 2.23. The molecule has 1 aliphatic rings. The molecular formula is C11H24N2. The van der Waals surface area contributed by atoms with Gasteiger partial charge in [0.1, 0.15) is 0 Å². The van der Waals surface area contributed by atoms with Gasteiger partial charge in [-0.15, -0.1) is 0 Å². The van der Waals surface area contributed by atoms with Crippen LogP contribution >= 0.6 is 0 Å². The van der Waals surface area contributed by atoms with E-state index in [1.165, 1.54) is 32.1 Å². The summed E-state index contributed by atoms with van der Waals surface area (Å²) in [6, 6.07) is 0.771. The number of nitrogens with zero attached hydrogens (tertiary/aromatic N) is 1. The lowest BCUT2D eigenvalue weighted by Gasteiger charge is -2.42. The van der Waals surface area contributed by atoms with Crippen molar-refractivity contribution in [2.45, 2.75) is 57.5 Å². The first-order valence-corrected chi connectivity index (χ1v) is 5.51. The van der Waals surface area contributed by atoms with Crippen LogP contribution in [0.1, 0.15) is 46.0 Å². The Morgan fingerprint density at radius 3 is 2.23 bits per heavy atom. The second kappa shape index (κ2) is 4.43. The van der Waals surface area contributed by atoms with Gasteiger partial charge in [-0.1, -0.05) is 19.3 Å². The molecule has 2 N–H and O–H groups in total. The Labute approximate surface area is 82.5 Å². The Morgan fingerprint density at radius 1 is 1.23 bits per heavy atom. The van der Waals surface area contributed by atoms with Crippen LogP contribution in [0.5, 0.6) is 0 Å². The molecule has 0 bridgehead atoms. The smallest absolute Gasteiger partial charge is 0.0275 e. The fraction of sp³-hybridized carbons (Fsp3) is 1.00. The Kier molecular flexibility index (Phi) is 3.74. The van der Waals surface area contributed by atoms with Crippen molar-refractivity contribution in [2.24, 2.45) is 5.73 Å². The number of hydrogen-bond donors (Lipinski definition) is 1. The van der Waals surface area contributed by atoms with E-state index < -0.39 is 0 Å². The molecule has 0 saturated heterocycles. The summed E-state index contributed by atoms with van der Waals surface area (Å²) in [5.41, 5.74) is 5.94. The molecule has 0 spiro atoms. The maximum absolute atomic E-state index is 5.77. The first-order chi connectivity index (χ1) is 6.08. The topological polar surface area (TPSA) is 29.3 Å². The highest BCUT2D eigenvalue weighted by molar-refractivity contribution is 4.86. The van der Waals surface area contributed by atoms with Gasteiger partial charge in [0, 0.05) is 18.1 Å². The lowest BCUT2D eigenvalue weighted by Crippen LogP contribution is -2.52. The molecule has 0 aromatic rings. The molecule has 0 aromatic carbocycles. The third-order valence-electron chi connectivity index (χ3n) is 3.58. The number of hydrogen-bond acceptors (Lipinski definition) is 2. The molecule has 13 heavy (non-hydrogen) atoms. The van der Waals surface area contributed by atoms with E-state index >= 15 is 0 Å². The number of rotatable bonds is 3. The Morgan fingerprint density at radius 2 is 1.77 bits per heavy atom. The molecule has 0 radical (unpaired) electrons. The zero-order valence-corrected chi connectivity index (χ0v) is 9.34. The van der Waals surface area contributed by atoms with Crippen molar-refractivity contribution in [1.29, 1.82) is 0 Å². The molecule has 1 fully saturated rings. The number of nitrogens with two attached hydrogens (primary N) is 1. The van der Waals surface area contributed by atoms with E-state index in [4.69, 9.17) is 5.73 Å². The maximum atomic E-state index is 5.77. The highest BCUT2D eigenvalue weighted by atomic mass is 15.2. The summed E-state index contributed by atoms with van der Waals surface area (Å²) >= 11 is 0. The van der Waals surface area contributed by atoms with Gasteiger partial charge in [0.05, 0.1) is 0 Å². The van der Waals surface area contributed by atoms with Crippen molar-refractivity contribution in [3.05, 3.63) is 0 Å². The summed E-state index contributed by atoms with van der Waals surface area (Å²) < 4.78 is 0. The quantitative estimate of drug-likeness (QED) is 0.727. The molecule has 0 atom stereocenters. The van der Waals surface area contributed by atoms with Gasteiger partial charge in [0.2, 0.25) is 0 Å². The van der Waals surface area contributed by atoms with Crippen LogP contribution in [0.2, 0.25) is 0 Å². The van der Waals surface area contributed by atoms with Gasteiger partial charge in [0.15, 0.2) is 0 Å². The van der Waals surface area contributed by atoms with Gasteiger partial charge in [0.25, 0.3) is 0 Å². The average molecular weight is 184 g/mol. The molecule has 1 saturated carbocycles. The molecule has 1 rings (SSSR count). The van der Waals surface area contributed by atoms with E-state index in [1.54, 1.807) is 0 Å². The summed E-state index contributed by atoms with van der Waals surface area (Å²) in [5.74, 6) is 0. The van der Waals surface area contributed by atoms with E-state index in [0.717, 1.165) is 12.6 Å². The molecule has 78 valence electrons. The average Bonchev–Trinajstić information content (AvgIpc) is 2.18. The predicted octanol–water partition coefficient (Wildman–Crippen LogP) is 1.99. The minimum atomic E-state index is 0.169. The SMILES string of the molecule is CN(C1CCCCC1)C(C)(C)CN. The van der Waals surface area contributed by atoms with Crippen LogP contribution in [0.15, 0.2) is 0 Å². The van der Waals surface area contributed by atoms with Crippen molar-refractivity contribution < 1.29 is 0 Å². The van der Waals surface area contributed by atoms with E-state index in [0.29, 0.717) is 0 Å². The third kappa shape index (κ3) is 2.68. The molecular weight excluding hydrogens is 160 g/mol. The zero-order chi connectivity index (χ0) is 9.90. The van der Waals surface area contributed by atoms with Crippen LogP contribution in [0.25, 0.3) is 0 Å². The van der Waals surface area contributed by atoms with Gasteiger partial charge in [-0.25, -0.2) is 0 Å². The van der Waals surface area contributed by atoms with Crippen molar-refractivity contribution in [2.75, 3.05) is 13.6 Å². The van der Waals surface area contributed by atoms with Crippen LogP contribution in [0, 0.1) is 0 Å². The number of likely N-dealkylation sites (N-methyl/N-ethyl adjacent to an activating group) is 1. The predicted molar refractivity (Wildman–Crippen MR) is 57.8 cm³/mol. The minimum absolute atomic E-state index is 0.169. The standard InChI is InChI=1S/C11H24N2/c1-11(2,9-12)13(3)10-7-5-4-6-8-10/h10H,4-9,12H2,1-3H3.